The van der Waals surface area contributed by atoms with Gasteiger partial charge in [-0.15, -0.1) is 10.2 Å². The second-order valence-corrected chi connectivity index (χ2v) is 7.00. The number of piperidine rings is 1. The number of Topliss-reactive ketones (excluding diaryl/α,β-unsaturated/α-hetero) is 1. The average Bonchev–Trinajstić information content (AvgIpc) is 3.23. The van der Waals surface area contributed by atoms with E-state index in [2.05, 4.69) is 10.2 Å². The van der Waals surface area contributed by atoms with Gasteiger partial charge in [0.25, 0.3) is 11.8 Å². The molecular formula is C17H21N3O5. The van der Waals surface area contributed by atoms with Crippen LogP contribution in [0.4, 0.5) is 4.79 Å². The zero-order valence-corrected chi connectivity index (χ0v) is 14.5. The maximum atomic E-state index is 12.5. The fourth-order valence-corrected chi connectivity index (χ4v) is 2.65. The van der Waals surface area contributed by atoms with Gasteiger partial charge in [-0.3, -0.25) is 4.79 Å². The zero-order chi connectivity index (χ0) is 18.0. The van der Waals surface area contributed by atoms with Crippen LogP contribution in [0.1, 0.15) is 44.3 Å². The second kappa shape index (κ2) is 6.70. The van der Waals surface area contributed by atoms with Crippen LogP contribution < -0.4 is 0 Å². The summed E-state index contributed by atoms with van der Waals surface area (Å²) in [4.78, 5) is 26.2. The monoisotopic (exact) mass is 347 g/mol. The zero-order valence-electron chi connectivity index (χ0n) is 14.5. The number of furan rings is 1. The molecule has 3 rings (SSSR count). The number of ether oxygens (including phenoxy) is 1. The minimum absolute atomic E-state index is 0.0258. The molecule has 25 heavy (non-hydrogen) atoms. The molecule has 0 aromatic carbocycles. The summed E-state index contributed by atoms with van der Waals surface area (Å²) in [6.45, 7) is 6.41. The van der Waals surface area contributed by atoms with E-state index >= 15 is 0 Å². The lowest BCUT2D eigenvalue weighted by Crippen LogP contribution is -2.43. The summed E-state index contributed by atoms with van der Waals surface area (Å²) in [5.41, 5.74) is -0.532. The van der Waals surface area contributed by atoms with Crippen LogP contribution in [-0.2, 0) is 4.74 Å². The molecule has 1 amide bonds. The summed E-state index contributed by atoms with van der Waals surface area (Å²) in [6.07, 6.45) is 2.22. The van der Waals surface area contributed by atoms with Crippen LogP contribution in [-0.4, -0.2) is 45.7 Å². The fraction of sp³-hybridized carbons (Fsp3) is 0.529. The number of aromatic nitrogens is 2. The number of ketones is 1. The molecule has 1 fully saturated rings. The highest BCUT2D eigenvalue weighted by Crippen LogP contribution is 2.25. The summed E-state index contributed by atoms with van der Waals surface area (Å²) < 4.78 is 15.9. The molecule has 2 aromatic rings. The van der Waals surface area contributed by atoms with E-state index in [1.807, 2.05) is 20.8 Å². The minimum atomic E-state index is -0.532. The second-order valence-electron chi connectivity index (χ2n) is 7.00. The van der Waals surface area contributed by atoms with Crippen molar-refractivity contribution in [1.29, 1.82) is 0 Å². The molecule has 134 valence electrons. The Labute approximate surface area is 145 Å². The first-order chi connectivity index (χ1) is 11.8. The van der Waals surface area contributed by atoms with E-state index in [1.54, 1.807) is 17.0 Å². The molecule has 0 radical (unpaired) electrons. The number of amides is 1. The van der Waals surface area contributed by atoms with Gasteiger partial charge in [0.15, 0.2) is 5.76 Å². The SMILES string of the molecule is CC(C)(C)OC(=O)N1CCC(C(=O)c2nnc(-c3ccco3)o2)CC1. The lowest BCUT2D eigenvalue weighted by Gasteiger charge is -2.32. The van der Waals surface area contributed by atoms with Crippen molar-refractivity contribution in [3.63, 3.8) is 0 Å². The van der Waals surface area contributed by atoms with Crippen LogP contribution >= 0.6 is 0 Å². The largest absolute Gasteiger partial charge is 0.459 e. The molecule has 2 aromatic heterocycles. The summed E-state index contributed by atoms with van der Waals surface area (Å²) in [5.74, 6) is 0.130. The maximum Gasteiger partial charge on any atom is 0.410 e. The van der Waals surface area contributed by atoms with E-state index in [-0.39, 0.29) is 29.6 Å². The first kappa shape index (κ1) is 17.2. The molecule has 0 atom stereocenters. The van der Waals surface area contributed by atoms with Gasteiger partial charge in [-0.25, -0.2) is 4.79 Å². The highest BCUT2D eigenvalue weighted by atomic mass is 16.6. The molecule has 0 saturated carbocycles. The Kier molecular flexibility index (Phi) is 4.61. The van der Waals surface area contributed by atoms with E-state index in [1.165, 1.54) is 6.26 Å². The first-order valence-electron chi connectivity index (χ1n) is 8.23. The summed E-state index contributed by atoms with van der Waals surface area (Å²) in [5, 5.41) is 7.66. The van der Waals surface area contributed by atoms with Crippen LogP contribution in [0.5, 0.6) is 0 Å². The van der Waals surface area contributed by atoms with Gasteiger partial charge in [0, 0.05) is 19.0 Å². The Balaban J connectivity index is 1.58. The lowest BCUT2D eigenvalue weighted by molar-refractivity contribution is 0.0180. The summed E-state index contributed by atoms with van der Waals surface area (Å²) >= 11 is 0. The molecule has 1 saturated heterocycles. The molecule has 3 heterocycles. The third kappa shape index (κ3) is 4.07. The van der Waals surface area contributed by atoms with Crippen LogP contribution in [0.15, 0.2) is 27.2 Å². The smallest absolute Gasteiger partial charge is 0.410 e. The van der Waals surface area contributed by atoms with Crippen molar-refractivity contribution in [2.45, 2.75) is 39.2 Å². The predicted molar refractivity (Wildman–Crippen MR) is 86.9 cm³/mol. The Hall–Kier alpha value is -2.64. The molecule has 8 nitrogen and oxygen atoms in total. The van der Waals surface area contributed by atoms with Crippen LogP contribution in [0.3, 0.4) is 0 Å². The molecule has 1 aliphatic rings. The van der Waals surface area contributed by atoms with Crippen molar-refractivity contribution in [1.82, 2.24) is 15.1 Å². The van der Waals surface area contributed by atoms with Crippen LogP contribution in [0.2, 0.25) is 0 Å². The fourth-order valence-electron chi connectivity index (χ4n) is 2.65. The molecular weight excluding hydrogens is 326 g/mol. The van der Waals surface area contributed by atoms with Crippen molar-refractivity contribution in [2.24, 2.45) is 5.92 Å². The van der Waals surface area contributed by atoms with Gasteiger partial charge in [0.2, 0.25) is 5.78 Å². The van der Waals surface area contributed by atoms with Gasteiger partial charge in [-0.05, 0) is 45.7 Å². The third-order valence-electron chi connectivity index (χ3n) is 3.89. The highest BCUT2D eigenvalue weighted by Gasteiger charge is 2.32. The average molecular weight is 347 g/mol. The highest BCUT2D eigenvalue weighted by molar-refractivity contribution is 5.93. The lowest BCUT2D eigenvalue weighted by atomic mass is 9.92. The normalized spacial score (nSPS) is 16.0. The third-order valence-corrected chi connectivity index (χ3v) is 3.89. The summed E-state index contributed by atoms with van der Waals surface area (Å²) in [7, 11) is 0. The van der Waals surface area contributed by atoms with Crippen LogP contribution in [0, 0.1) is 5.92 Å². The van der Waals surface area contributed by atoms with Gasteiger partial charge >= 0.3 is 6.09 Å². The molecule has 0 spiro atoms. The van der Waals surface area contributed by atoms with Gasteiger partial charge in [-0.1, -0.05) is 0 Å². The van der Waals surface area contributed by atoms with Crippen molar-refractivity contribution < 1.29 is 23.2 Å². The molecule has 8 heteroatoms. The number of carbonyl (C=O) groups excluding carboxylic acids is 2. The number of hydrogen-bond acceptors (Lipinski definition) is 7. The topological polar surface area (TPSA) is 98.7 Å². The van der Waals surface area contributed by atoms with E-state index in [0.717, 1.165) is 0 Å². The van der Waals surface area contributed by atoms with E-state index in [4.69, 9.17) is 13.6 Å². The van der Waals surface area contributed by atoms with E-state index < -0.39 is 5.60 Å². The number of nitrogens with zero attached hydrogens (tertiary/aromatic N) is 3. The summed E-state index contributed by atoms with van der Waals surface area (Å²) in [6, 6.07) is 3.38. The Morgan fingerprint density at radius 2 is 1.96 bits per heavy atom. The molecule has 0 bridgehead atoms. The Bertz CT molecular complexity index is 737. The first-order valence-corrected chi connectivity index (χ1v) is 8.23. The number of carbonyl (C=O) groups is 2. The minimum Gasteiger partial charge on any atom is -0.459 e. The van der Waals surface area contributed by atoms with Crippen molar-refractivity contribution in [3.8, 4) is 11.7 Å². The van der Waals surface area contributed by atoms with E-state index in [9.17, 15) is 9.59 Å². The number of hydrogen-bond donors (Lipinski definition) is 0. The molecule has 0 unspecified atom stereocenters. The van der Waals surface area contributed by atoms with Gasteiger partial charge in [-0.2, -0.15) is 0 Å². The molecule has 0 aliphatic carbocycles. The standard InChI is InChI=1S/C17H21N3O5/c1-17(2,3)25-16(22)20-8-6-11(7-9-20)13(21)15-19-18-14(24-15)12-5-4-10-23-12/h4-5,10-11H,6-9H2,1-3H3. The van der Waals surface area contributed by atoms with Crippen molar-refractivity contribution in [2.75, 3.05) is 13.1 Å². The van der Waals surface area contributed by atoms with E-state index in [0.29, 0.717) is 31.7 Å². The van der Waals surface area contributed by atoms with Gasteiger partial charge in [0.05, 0.1) is 6.26 Å². The van der Waals surface area contributed by atoms with Crippen molar-refractivity contribution >= 4 is 11.9 Å². The van der Waals surface area contributed by atoms with Gasteiger partial charge in [0.1, 0.15) is 5.60 Å². The molecule has 1 aliphatic heterocycles. The quantitative estimate of drug-likeness (QED) is 0.786. The van der Waals surface area contributed by atoms with Gasteiger partial charge < -0.3 is 18.5 Å². The Morgan fingerprint density at radius 3 is 2.56 bits per heavy atom. The number of rotatable bonds is 3. The predicted octanol–water partition coefficient (Wildman–Crippen LogP) is 3.16. The maximum absolute atomic E-state index is 12.5. The number of likely N-dealkylation sites (tertiary alicyclic amines) is 1. The molecule has 0 N–H and O–H groups in total. The van der Waals surface area contributed by atoms with Crippen molar-refractivity contribution in [3.05, 3.63) is 24.3 Å². The Morgan fingerprint density at radius 1 is 1.24 bits per heavy atom. The van der Waals surface area contributed by atoms with Crippen LogP contribution in [0.25, 0.3) is 11.7 Å².